The molecule has 0 aromatic heterocycles. The molecule has 0 radical (unpaired) electrons. The molecule has 5 heteroatoms. The zero-order chi connectivity index (χ0) is 21.8. The third-order valence-corrected chi connectivity index (χ3v) is 6.63. The number of likely N-dealkylation sites (N-methyl/N-ethyl adjacent to an activating group) is 1. The predicted molar refractivity (Wildman–Crippen MR) is 124 cm³/mol. The molecule has 1 aliphatic carbocycles. The highest BCUT2D eigenvalue weighted by Crippen LogP contribution is 2.37. The van der Waals surface area contributed by atoms with Crippen LogP contribution in [0.1, 0.15) is 61.3 Å². The van der Waals surface area contributed by atoms with Crippen LogP contribution in [0.3, 0.4) is 0 Å². The molecule has 1 amide bonds. The van der Waals surface area contributed by atoms with Gasteiger partial charge in [-0.25, -0.2) is 5.01 Å². The van der Waals surface area contributed by atoms with Crippen molar-refractivity contribution >= 4 is 11.6 Å². The summed E-state index contributed by atoms with van der Waals surface area (Å²) in [6.07, 6.45) is 6.86. The van der Waals surface area contributed by atoms with Crippen LogP contribution in [0.2, 0.25) is 0 Å². The van der Waals surface area contributed by atoms with Gasteiger partial charge in [0.25, 0.3) is 5.91 Å². The van der Waals surface area contributed by atoms with Gasteiger partial charge in [0.2, 0.25) is 0 Å². The standard InChI is InChI=1S/C26H33N3O2/c1-19-13-15-20(16-14-19)23-17-24(22-11-7-8-12-25(22)31-3)29(27-23)26(30)18-28(2)21-9-5-4-6-10-21/h7-8,11-16,21,24H,4-6,9-10,17-18H2,1-3H3/t24-/m1/s1. The highest BCUT2D eigenvalue weighted by atomic mass is 16.5. The van der Waals surface area contributed by atoms with Crippen LogP contribution in [0.4, 0.5) is 0 Å². The summed E-state index contributed by atoms with van der Waals surface area (Å²) >= 11 is 0. The lowest BCUT2D eigenvalue weighted by molar-refractivity contribution is -0.134. The van der Waals surface area contributed by atoms with Gasteiger partial charge in [-0.2, -0.15) is 5.10 Å². The fourth-order valence-electron chi connectivity index (χ4n) is 4.78. The lowest BCUT2D eigenvalue weighted by atomic mass is 9.94. The van der Waals surface area contributed by atoms with E-state index >= 15 is 0 Å². The third-order valence-electron chi connectivity index (χ3n) is 6.63. The number of benzene rings is 2. The Balaban J connectivity index is 1.60. The van der Waals surface area contributed by atoms with Gasteiger partial charge in [-0.1, -0.05) is 67.3 Å². The summed E-state index contributed by atoms with van der Waals surface area (Å²) in [6, 6.07) is 16.7. The molecule has 31 heavy (non-hydrogen) atoms. The maximum absolute atomic E-state index is 13.4. The zero-order valence-electron chi connectivity index (χ0n) is 18.9. The molecule has 2 aromatic rings. The summed E-state index contributed by atoms with van der Waals surface area (Å²) < 4.78 is 5.62. The molecule has 0 N–H and O–H groups in total. The first-order valence-electron chi connectivity index (χ1n) is 11.4. The molecule has 164 valence electrons. The highest BCUT2D eigenvalue weighted by Gasteiger charge is 2.35. The Kier molecular flexibility index (Phi) is 6.71. The van der Waals surface area contributed by atoms with Gasteiger partial charge in [0.05, 0.1) is 25.4 Å². The van der Waals surface area contributed by atoms with E-state index < -0.39 is 0 Å². The van der Waals surface area contributed by atoms with Crippen LogP contribution in [0.25, 0.3) is 0 Å². The van der Waals surface area contributed by atoms with E-state index in [-0.39, 0.29) is 11.9 Å². The predicted octanol–water partition coefficient (Wildman–Crippen LogP) is 4.95. The molecule has 0 saturated heterocycles. The number of hydrogen-bond donors (Lipinski definition) is 0. The van der Waals surface area contributed by atoms with Gasteiger partial charge < -0.3 is 4.74 Å². The summed E-state index contributed by atoms with van der Waals surface area (Å²) in [5.74, 6) is 0.845. The Hall–Kier alpha value is -2.66. The number of hydrogen-bond acceptors (Lipinski definition) is 4. The number of rotatable bonds is 6. The normalized spacial score (nSPS) is 19.5. The molecule has 1 saturated carbocycles. The van der Waals surface area contributed by atoms with E-state index in [9.17, 15) is 4.79 Å². The van der Waals surface area contributed by atoms with E-state index in [1.54, 1.807) is 12.1 Å². The molecule has 0 spiro atoms. The monoisotopic (exact) mass is 419 g/mol. The lowest BCUT2D eigenvalue weighted by Crippen LogP contribution is -2.42. The molecule has 2 aromatic carbocycles. The SMILES string of the molecule is COc1ccccc1[C@H]1CC(c2ccc(C)cc2)=NN1C(=O)CN(C)C1CCCCC1. The largest absolute Gasteiger partial charge is 0.496 e. The summed E-state index contributed by atoms with van der Waals surface area (Å²) in [6.45, 7) is 2.47. The first-order valence-corrected chi connectivity index (χ1v) is 11.4. The molecule has 1 atom stereocenters. The Morgan fingerprint density at radius 1 is 1.10 bits per heavy atom. The molecule has 0 bridgehead atoms. The molecule has 5 nitrogen and oxygen atoms in total. The summed E-state index contributed by atoms with van der Waals surface area (Å²) in [7, 11) is 3.76. The van der Waals surface area contributed by atoms with Gasteiger partial charge in [-0.3, -0.25) is 9.69 Å². The van der Waals surface area contributed by atoms with Crippen molar-refractivity contribution in [2.45, 2.75) is 57.5 Å². The second-order valence-electron chi connectivity index (χ2n) is 8.82. The van der Waals surface area contributed by atoms with Gasteiger partial charge >= 0.3 is 0 Å². The Bertz CT molecular complexity index is 932. The van der Waals surface area contributed by atoms with Crippen LogP contribution in [-0.4, -0.2) is 48.3 Å². The van der Waals surface area contributed by atoms with E-state index in [0.29, 0.717) is 19.0 Å². The van der Waals surface area contributed by atoms with Crippen molar-refractivity contribution < 1.29 is 9.53 Å². The Morgan fingerprint density at radius 2 is 1.81 bits per heavy atom. The average molecular weight is 420 g/mol. The zero-order valence-corrected chi connectivity index (χ0v) is 18.9. The summed E-state index contributed by atoms with van der Waals surface area (Å²) in [5, 5.41) is 6.54. The Morgan fingerprint density at radius 3 is 2.52 bits per heavy atom. The molecule has 1 aliphatic heterocycles. The Labute approximate surface area is 185 Å². The molecule has 1 fully saturated rings. The van der Waals surface area contributed by atoms with Crippen molar-refractivity contribution in [2.75, 3.05) is 20.7 Å². The van der Waals surface area contributed by atoms with Crippen molar-refractivity contribution in [3.8, 4) is 5.75 Å². The average Bonchev–Trinajstić information content (AvgIpc) is 3.25. The number of aryl methyl sites for hydroxylation is 1. The van der Waals surface area contributed by atoms with Crippen LogP contribution in [0.5, 0.6) is 5.75 Å². The van der Waals surface area contributed by atoms with E-state index in [2.05, 4.69) is 43.1 Å². The second kappa shape index (κ2) is 9.65. The molecule has 1 heterocycles. The number of nitrogens with zero attached hydrogens (tertiary/aromatic N) is 3. The lowest BCUT2D eigenvalue weighted by Gasteiger charge is -2.32. The van der Waals surface area contributed by atoms with E-state index in [1.165, 1.54) is 37.7 Å². The molecular formula is C26H33N3O2. The molecule has 0 unspecified atom stereocenters. The van der Waals surface area contributed by atoms with Crippen LogP contribution in [-0.2, 0) is 4.79 Å². The number of para-hydroxylation sites is 1. The number of ether oxygens (including phenoxy) is 1. The molecule has 4 rings (SSSR count). The van der Waals surface area contributed by atoms with Crippen molar-refractivity contribution in [3.63, 3.8) is 0 Å². The van der Waals surface area contributed by atoms with Gasteiger partial charge in [-0.05, 0) is 38.4 Å². The fraction of sp³-hybridized carbons (Fsp3) is 0.462. The van der Waals surface area contributed by atoms with Gasteiger partial charge in [-0.15, -0.1) is 0 Å². The number of hydrazone groups is 1. The van der Waals surface area contributed by atoms with Crippen LogP contribution < -0.4 is 4.74 Å². The summed E-state index contributed by atoms with van der Waals surface area (Å²) in [4.78, 5) is 15.7. The maximum atomic E-state index is 13.4. The highest BCUT2D eigenvalue weighted by molar-refractivity contribution is 6.03. The number of carbonyl (C=O) groups excluding carboxylic acids is 1. The van der Waals surface area contributed by atoms with E-state index in [0.717, 1.165) is 22.6 Å². The van der Waals surface area contributed by atoms with Crippen molar-refractivity contribution in [3.05, 3.63) is 65.2 Å². The van der Waals surface area contributed by atoms with Crippen molar-refractivity contribution in [2.24, 2.45) is 5.10 Å². The van der Waals surface area contributed by atoms with E-state index in [1.807, 2.05) is 24.3 Å². The molecule has 2 aliphatic rings. The minimum absolute atomic E-state index is 0.0473. The summed E-state index contributed by atoms with van der Waals surface area (Å²) in [5.41, 5.74) is 4.24. The topological polar surface area (TPSA) is 45.1 Å². The minimum atomic E-state index is -0.153. The third kappa shape index (κ3) is 4.82. The van der Waals surface area contributed by atoms with Gasteiger partial charge in [0, 0.05) is 18.0 Å². The van der Waals surface area contributed by atoms with E-state index in [4.69, 9.17) is 9.84 Å². The fourth-order valence-corrected chi connectivity index (χ4v) is 4.78. The van der Waals surface area contributed by atoms with Crippen LogP contribution in [0, 0.1) is 6.92 Å². The number of amides is 1. The number of methoxy groups -OCH3 is 1. The maximum Gasteiger partial charge on any atom is 0.257 e. The number of carbonyl (C=O) groups is 1. The first kappa shape index (κ1) is 21.6. The van der Waals surface area contributed by atoms with Gasteiger partial charge in [0.15, 0.2) is 0 Å². The minimum Gasteiger partial charge on any atom is -0.496 e. The van der Waals surface area contributed by atoms with Gasteiger partial charge in [0.1, 0.15) is 5.75 Å². The quantitative estimate of drug-likeness (QED) is 0.666. The van der Waals surface area contributed by atoms with Crippen LogP contribution in [0.15, 0.2) is 53.6 Å². The first-order chi connectivity index (χ1) is 15.1. The second-order valence-corrected chi connectivity index (χ2v) is 8.82. The molecular weight excluding hydrogens is 386 g/mol. The van der Waals surface area contributed by atoms with Crippen molar-refractivity contribution in [1.29, 1.82) is 0 Å². The smallest absolute Gasteiger partial charge is 0.257 e. The van der Waals surface area contributed by atoms with Crippen LogP contribution >= 0.6 is 0 Å². The van der Waals surface area contributed by atoms with Crippen molar-refractivity contribution in [1.82, 2.24) is 9.91 Å².